The van der Waals surface area contributed by atoms with Crippen molar-refractivity contribution in [2.45, 2.75) is 11.3 Å². The van der Waals surface area contributed by atoms with Crippen LogP contribution in [0.4, 0.5) is 0 Å². The molecule has 25 heavy (non-hydrogen) atoms. The zero-order chi connectivity index (χ0) is 18.3. The minimum absolute atomic E-state index is 0.111. The van der Waals surface area contributed by atoms with Gasteiger partial charge in [0.15, 0.2) is 0 Å². The third-order valence-corrected chi connectivity index (χ3v) is 6.03. The number of nitrogens with zero attached hydrogens (tertiary/aromatic N) is 2. The largest absolute Gasteiger partial charge is 0.379 e. The highest BCUT2D eigenvalue weighted by atomic mass is 35.5. The van der Waals surface area contributed by atoms with Gasteiger partial charge in [-0.3, -0.25) is 9.69 Å². The fraction of sp³-hybridized carbons (Fsp3) is 0.562. The maximum atomic E-state index is 12.4. The van der Waals surface area contributed by atoms with Gasteiger partial charge < -0.3 is 10.1 Å². The summed E-state index contributed by atoms with van der Waals surface area (Å²) >= 11 is 5.77. The number of amides is 1. The molecule has 0 unspecified atom stereocenters. The van der Waals surface area contributed by atoms with Gasteiger partial charge in [-0.1, -0.05) is 11.6 Å². The first kappa shape index (κ1) is 20.1. The predicted octanol–water partition coefficient (Wildman–Crippen LogP) is 0.799. The molecule has 2 rings (SSSR count). The Kier molecular flexibility index (Phi) is 7.64. The number of benzene rings is 1. The summed E-state index contributed by atoms with van der Waals surface area (Å²) in [6.45, 7) is 4.52. The van der Waals surface area contributed by atoms with Crippen LogP contribution in [-0.2, 0) is 19.6 Å². The first-order valence-electron chi connectivity index (χ1n) is 8.18. The molecule has 1 aromatic rings. The predicted molar refractivity (Wildman–Crippen MR) is 96.2 cm³/mol. The molecule has 1 amide bonds. The lowest BCUT2D eigenvalue weighted by Gasteiger charge is -2.26. The number of halogens is 1. The number of ether oxygens (including phenoxy) is 1. The molecule has 7 nitrogen and oxygen atoms in total. The molecule has 1 fully saturated rings. The smallest absolute Gasteiger partial charge is 0.243 e. The minimum atomic E-state index is -3.71. The van der Waals surface area contributed by atoms with Gasteiger partial charge in [0.1, 0.15) is 0 Å². The van der Waals surface area contributed by atoms with Gasteiger partial charge in [0.25, 0.3) is 0 Å². The van der Waals surface area contributed by atoms with E-state index in [1.54, 1.807) is 0 Å². The highest BCUT2D eigenvalue weighted by Gasteiger charge is 2.22. The molecule has 1 N–H and O–H groups in total. The van der Waals surface area contributed by atoms with Crippen LogP contribution in [0.3, 0.4) is 0 Å². The van der Waals surface area contributed by atoms with Crippen LogP contribution in [0.5, 0.6) is 0 Å². The normalized spacial score (nSPS) is 16.1. The van der Waals surface area contributed by atoms with Gasteiger partial charge in [0, 0.05) is 31.7 Å². The zero-order valence-electron chi connectivity index (χ0n) is 14.3. The Morgan fingerprint density at radius 1 is 1.28 bits per heavy atom. The van der Waals surface area contributed by atoms with Gasteiger partial charge in [0.2, 0.25) is 15.9 Å². The van der Waals surface area contributed by atoms with Crippen LogP contribution < -0.4 is 5.32 Å². The second-order valence-corrected chi connectivity index (χ2v) is 8.35. The minimum Gasteiger partial charge on any atom is -0.379 e. The average molecular weight is 390 g/mol. The van der Waals surface area contributed by atoms with E-state index >= 15 is 0 Å². The van der Waals surface area contributed by atoms with Crippen molar-refractivity contribution in [3.05, 3.63) is 29.3 Å². The summed E-state index contributed by atoms with van der Waals surface area (Å²) in [5, 5.41) is 3.22. The molecule has 1 saturated heterocycles. The third kappa shape index (κ3) is 6.23. The summed E-state index contributed by atoms with van der Waals surface area (Å²) in [6, 6.07) is 5.87. The number of carbonyl (C=O) groups excluding carboxylic acids is 1. The number of carbonyl (C=O) groups is 1. The lowest BCUT2D eigenvalue weighted by atomic mass is 10.3. The molecule has 0 saturated carbocycles. The highest BCUT2D eigenvalue weighted by molar-refractivity contribution is 7.89. The number of likely N-dealkylation sites (N-methyl/N-ethyl adjacent to an activating group) is 1. The Balaban J connectivity index is 1.74. The number of hydrogen-bond acceptors (Lipinski definition) is 5. The van der Waals surface area contributed by atoms with Crippen LogP contribution in [0, 0.1) is 0 Å². The molecule has 0 radical (unpaired) electrons. The lowest BCUT2D eigenvalue weighted by molar-refractivity contribution is -0.121. The summed E-state index contributed by atoms with van der Waals surface area (Å²) in [5.74, 6) is -0.318. The first-order chi connectivity index (χ1) is 11.9. The second kappa shape index (κ2) is 9.49. The highest BCUT2D eigenvalue weighted by Crippen LogP contribution is 2.17. The van der Waals surface area contributed by atoms with Gasteiger partial charge in [-0.2, -0.15) is 4.31 Å². The van der Waals surface area contributed by atoms with Crippen molar-refractivity contribution < 1.29 is 17.9 Å². The molecule has 0 atom stereocenters. The van der Waals surface area contributed by atoms with Crippen LogP contribution in [0.25, 0.3) is 0 Å². The van der Waals surface area contributed by atoms with Crippen LogP contribution in [0.2, 0.25) is 5.02 Å². The summed E-state index contributed by atoms with van der Waals surface area (Å²) < 4.78 is 31.1. The first-order valence-corrected chi connectivity index (χ1v) is 10.00. The van der Waals surface area contributed by atoms with Gasteiger partial charge >= 0.3 is 0 Å². The number of rotatable bonds is 8. The summed E-state index contributed by atoms with van der Waals surface area (Å²) in [4.78, 5) is 14.4. The van der Waals surface area contributed by atoms with Crippen LogP contribution in [0.15, 0.2) is 29.2 Å². The van der Waals surface area contributed by atoms with E-state index in [4.69, 9.17) is 16.3 Å². The molecule has 0 spiro atoms. The van der Waals surface area contributed by atoms with Crippen molar-refractivity contribution in [1.29, 1.82) is 0 Å². The van der Waals surface area contributed by atoms with E-state index < -0.39 is 10.0 Å². The summed E-state index contributed by atoms with van der Waals surface area (Å²) in [5.41, 5.74) is 0. The molecule has 1 heterocycles. The molecule has 0 aliphatic carbocycles. The van der Waals surface area contributed by atoms with Crippen molar-refractivity contribution in [2.24, 2.45) is 0 Å². The number of nitrogens with one attached hydrogen (secondary N) is 1. The van der Waals surface area contributed by atoms with Crippen molar-refractivity contribution in [3.63, 3.8) is 0 Å². The quantitative estimate of drug-likeness (QED) is 0.665. The van der Waals surface area contributed by atoms with Crippen molar-refractivity contribution in [2.75, 3.05) is 53.0 Å². The number of sulfonamides is 1. The Morgan fingerprint density at radius 2 is 1.92 bits per heavy atom. The van der Waals surface area contributed by atoms with Gasteiger partial charge in [-0.25, -0.2) is 8.42 Å². The van der Waals surface area contributed by atoms with E-state index in [0.29, 0.717) is 11.6 Å². The summed E-state index contributed by atoms with van der Waals surface area (Å²) in [6.07, 6.45) is 0.819. The van der Waals surface area contributed by atoms with E-state index in [-0.39, 0.29) is 17.3 Å². The Labute approximate surface area is 153 Å². The lowest BCUT2D eigenvalue weighted by Crippen LogP contribution is -2.40. The van der Waals surface area contributed by atoms with Crippen molar-refractivity contribution >= 4 is 27.5 Å². The maximum absolute atomic E-state index is 12.4. The Bertz CT molecular complexity index is 660. The van der Waals surface area contributed by atoms with Gasteiger partial charge in [-0.15, -0.1) is 0 Å². The fourth-order valence-corrected chi connectivity index (χ4v) is 3.74. The number of morpholine rings is 1. The summed E-state index contributed by atoms with van der Waals surface area (Å²) in [7, 11) is -2.32. The monoisotopic (exact) mass is 389 g/mol. The van der Waals surface area contributed by atoms with Gasteiger partial charge in [-0.05, 0) is 37.2 Å². The third-order valence-electron chi connectivity index (χ3n) is 3.97. The number of hydrogen-bond donors (Lipinski definition) is 1. The Hall–Kier alpha value is -1.19. The average Bonchev–Trinajstić information content (AvgIpc) is 2.60. The molecular formula is C16H24ClN3O4S. The van der Waals surface area contributed by atoms with E-state index in [9.17, 15) is 13.2 Å². The van der Waals surface area contributed by atoms with E-state index in [1.807, 2.05) is 0 Å². The van der Waals surface area contributed by atoms with E-state index in [2.05, 4.69) is 10.2 Å². The molecule has 1 aromatic carbocycles. The SMILES string of the molecule is CN(CC(=O)NCCCN1CCOCC1)S(=O)(=O)c1ccc(Cl)cc1. The standard InChI is InChI=1S/C16H24ClN3O4S/c1-19(25(22,23)15-5-3-14(17)4-6-15)13-16(21)18-7-2-8-20-9-11-24-12-10-20/h3-6H,2,7-13H2,1H3,(H,18,21). The molecule has 0 aromatic heterocycles. The Morgan fingerprint density at radius 3 is 2.56 bits per heavy atom. The maximum Gasteiger partial charge on any atom is 0.243 e. The van der Waals surface area contributed by atoms with Crippen molar-refractivity contribution in [3.8, 4) is 0 Å². The van der Waals surface area contributed by atoms with Crippen LogP contribution in [0.1, 0.15) is 6.42 Å². The topological polar surface area (TPSA) is 79.0 Å². The molecular weight excluding hydrogens is 366 g/mol. The van der Waals surface area contributed by atoms with Gasteiger partial charge in [0.05, 0.1) is 24.7 Å². The molecule has 140 valence electrons. The van der Waals surface area contributed by atoms with Crippen LogP contribution in [-0.4, -0.2) is 76.5 Å². The fourth-order valence-electron chi connectivity index (χ4n) is 2.48. The van der Waals surface area contributed by atoms with E-state index in [0.717, 1.165) is 43.6 Å². The van der Waals surface area contributed by atoms with E-state index in [1.165, 1.54) is 31.3 Å². The zero-order valence-corrected chi connectivity index (χ0v) is 15.9. The van der Waals surface area contributed by atoms with Crippen molar-refractivity contribution in [1.82, 2.24) is 14.5 Å². The molecule has 1 aliphatic heterocycles. The molecule has 9 heteroatoms. The van der Waals surface area contributed by atoms with Crippen LogP contribution >= 0.6 is 11.6 Å². The molecule has 0 bridgehead atoms. The second-order valence-electron chi connectivity index (χ2n) is 5.87. The molecule has 1 aliphatic rings.